The highest BCUT2D eigenvalue weighted by Crippen LogP contribution is 2.31. The molecule has 0 spiro atoms. The molecule has 3 rings (SSSR count). The molecule has 1 unspecified atom stereocenters. The first-order chi connectivity index (χ1) is 16.6. The fourth-order valence-corrected chi connectivity index (χ4v) is 3.09. The molecule has 0 aliphatic carbocycles. The summed E-state index contributed by atoms with van der Waals surface area (Å²) in [4.78, 5) is 24.8. The van der Waals surface area contributed by atoms with Crippen LogP contribution < -0.4 is 9.47 Å². The second-order valence-electron chi connectivity index (χ2n) is 7.16. The lowest BCUT2D eigenvalue weighted by molar-refractivity contribution is -0.153. The average Bonchev–Trinajstić information content (AvgIpc) is 2.89. The maximum atomic E-state index is 12.5. The van der Waals surface area contributed by atoms with Gasteiger partial charge in [-0.25, -0.2) is 9.59 Å². The molecule has 0 radical (unpaired) electrons. The highest BCUT2D eigenvalue weighted by Gasteiger charge is 2.20. The minimum Gasteiger partial charge on any atom is -0.493 e. The molecule has 3 aromatic rings. The summed E-state index contributed by atoms with van der Waals surface area (Å²) in [6.07, 6.45) is 5.13. The molecule has 0 amide bonds. The van der Waals surface area contributed by atoms with Crippen LogP contribution >= 0.6 is 0 Å². The smallest absolute Gasteiger partial charge is 0.331 e. The molecule has 6 nitrogen and oxygen atoms in total. The third kappa shape index (κ3) is 7.38. The van der Waals surface area contributed by atoms with Crippen molar-refractivity contribution in [3.63, 3.8) is 0 Å². The van der Waals surface area contributed by atoms with Gasteiger partial charge in [0, 0.05) is 12.2 Å². The summed E-state index contributed by atoms with van der Waals surface area (Å²) in [5.74, 6) is -0.121. The van der Waals surface area contributed by atoms with Crippen molar-refractivity contribution in [3.05, 3.63) is 108 Å². The Morgan fingerprint density at radius 2 is 1.29 bits per heavy atom. The van der Waals surface area contributed by atoms with E-state index < -0.39 is 18.0 Å². The molecular weight excluding hydrogens is 432 g/mol. The van der Waals surface area contributed by atoms with Crippen molar-refractivity contribution >= 4 is 24.1 Å². The first-order valence-electron chi connectivity index (χ1n) is 10.6. The highest BCUT2D eigenvalue weighted by atomic mass is 16.6. The fraction of sp³-hybridized carbons (Fsp3) is 0.143. The molecule has 174 valence electrons. The summed E-state index contributed by atoms with van der Waals surface area (Å²) in [5, 5.41) is 0. The molecule has 6 heteroatoms. The van der Waals surface area contributed by atoms with Crippen LogP contribution in [0.4, 0.5) is 0 Å². The number of carbonyl (C=O) groups is 2. The third-order valence-corrected chi connectivity index (χ3v) is 4.84. The number of ether oxygens (including phenoxy) is 4. The minimum atomic E-state index is -0.846. The van der Waals surface area contributed by atoms with E-state index in [4.69, 9.17) is 18.9 Å². The molecule has 0 aliphatic rings. The van der Waals surface area contributed by atoms with Crippen LogP contribution in [0.15, 0.2) is 91.0 Å². The molecule has 0 aromatic heterocycles. The number of rotatable bonds is 10. The number of methoxy groups -OCH3 is 2. The summed E-state index contributed by atoms with van der Waals surface area (Å²) in [6.45, 7) is -0.168. The number of hydrogen-bond acceptors (Lipinski definition) is 6. The van der Waals surface area contributed by atoms with Crippen LogP contribution in [0, 0.1) is 0 Å². The van der Waals surface area contributed by atoms with Gasteiger partial charge in [-0.3, -0.25) is 0 Å². The second-order valence-corrected chi connectivity index (χ2v) is 7.16. The van der Waals surface area contributed by atoms with Crippen LogP contribution in [-0.2, 0) is 19.1 Å². The molecule has 34 heavy (non-hydrogen) atoms. The lowest BCUT2D eigenvalue weighted by Gasteiger charge is -2.19. The molecule has 0 bridgehead atoms. The zero-order valence-electron chi connectivity index (χ0n) is 19.0. The summed E-state index contributed by atoms with van der Waals surface area (Å²) in [6, 6.07) is 23.9. The Morgan fingerprint density at radius 3 is 1.85 bits per heavy atom. The number of hydrogen-bond donors (Lipinski definition) is 0. The first kappa shape index (κ1) is 24.3. The summed E-state index contributed by atoms with van der Waals surface area (Å²) in [7, 11) is 3.05. The van der Waals surface area contributed by atoms with Crippen LogP contribution in [0.1, 0.15) is 22.8 Å². The van der Waals surface area contributed by atoms with E-state index in [1.807, 2.05) is 60.7 Å². The zero-order valence-corrected chi connectivity index (χ0v) is 19.0. The second kappa shape index (κ2) is 12.6. The Bertz CT molecular complexity index is 1140. The summed E-state index contributed by atoms with van der Waals surface area (Å²) >= 11 is 0. The van der Waals surface area contributed by atoms with E-state index in [0.29, 0.717) is 17.1 Å². The lowest BCUT2D eigenvalue weighted by Crippen LogP contribution is -2.17. The Hall–Kier alpha value is -4.32. The average molecular weight is 459 g/mol. The third-order valence-electron chi connectivity index (χ3n) is 4.84. The van der Waals surface area contributed by atoms with Gasteiger partial charge in [0.15, 0.2) is 17.6 Å². The van der Waals surface area contributed by atoms with E-state index in [9.17, 15) is 9.59 Å². The predicted octanol–water partition coefficient (Wildman–Crippen LogP) is 5.26. The molecule has 3 aromatic carbocycles. The van der Waals surface area contributed by atoms with Gasteiger partial charge in [-0.1, -0.05) is 66.7 Å². The molecule has 1 atom stereocenters. The standard InChI is InChI=1S/C28H26O6/c1-31-24-16-15-23(19-25(24)32-2)26(34-28(30)18-14-22-11-7-4-8-12-22)20-33-27(29)17-13-21-9-5-3-6-10-21/h3-19,26H,20H2,1-2H3/b17-13+,18-14+. The normalized spacial score (nSPS) is 11.8. The monoisotopic (exact) mass is 458 g/mol. The van der Waals surface area contributed by atoms with E-state index in [-0.39, 0.29) is 6.61 Å². The molecule has 0 fully saturated rings. The largest absolute Gasteiger partial charge is 0.493 e. The van der Waals surface area contributed by atoms with Crippen molar-refractivity contribution in [3.8, 4) is 11.5 Å². The Balaban J connectivity index is 1.73. The van der Waals surface area contributed by atoms with E-state index >= 15 is 0 Å². The van der Waals surface area contributed by atoms with Gasteiger partial charge >= 0.3 is 11.9 Å². The van der Waals surface area contributed by atoms with Crippen molar-refractivity contribution in [1.29, 1.82) is 0 Å². The topological polar surface area (TPSA) is 71.1 Å². The highest BCUT2D eigenvalue weighted by molar-refractivity contribution is 5.88. The zero-order chi connectivity index (χ0) is 24.2. The van der Waals surface area contributed by atoms with Gasteiger partial charge in [0.2, 0.25) is 0 Å². The van der Waals surface area contributed by atoms with Gasteiger partial charge in [-0.2, -0.15) is 0 Å². The SMILES string of the molecule is COc1ccc(C(COC(=O)/C=C/c2ccccc2)OC(=O)/C=C/c2ccccc2)cc1OC. The molecular formula is C28H26O6. The van der Waals surface area contributed by atoms with Gasteiger partial charge in [-0.05, 0) is 41.0 Å². The summed E-state index contributed by atoms with van der Waals surface area (Å²) < 4.78 is 21.6. The van der Waals surface area contributed by atoms with E-state index in [1.54, 1.807) is 30.4 Å². The van der Waals surface area contributed by atoms with Crippen LogP contribution in [0.2, 0.25) is 0 Å². The van der Waals surface area contributed by atoms with E-state index in [1.165, 1.54) is 26.4 Å². The maximum absolute atomic E-state index is 12.5. The van der Waals surface area contributed by atoms with E-state index in [0.717, 1.165) is 11.1 Å². The lowest BCUT2D eigenvalue weighted by atomic mass is 10.1. The Labute approximate surface area is 199 Å². The molecule has 0 heterocycles. The summed E-state index contributed by atoms with van der Waals surface area (Å²) in [5.41, 5.74) is 2.33. The van der Waals surface area contributed by atoms with Crippen LogP contribution in [0.3, 0.4) is 0 Å². The minimum absolute atomic E-state index is 0.168. The van der Waals surface area contributed by atoms with Crippen molar-refractivity contribution in [2.75, 3.05) is 20.8 Å². The first-order valence-corrected chi connectivity index (χ1v) is 10.6. The van der Waals surface area contributed by atoms with Gasteiger partial charge < -0.3 is 18.9 Å². The van der Waals surface area contributed by atoms with Crippen LogP contribution in [-0.4, -0.2) is 32.8 Å². The molecule has 0 aliphatic heterocycles. The number of carbonyl (C=O) groups excluding carboxylic acids is 2. The van der Waals surface area contributed by atoms with Gasteiger partial charge in [0.1, 0.15) is 6.61 Å². The quantitative estimate of drug-likeness (QED) is 0.305. The maximum Gasteiger partial charge on any atom is 0.331 e. The fourth-order valence-electron chi connectivity index (χ4n) is 3.09. The number of benzene rings is 3. The van der Waals surface area contributed by atoms with Gasteiger partial charge in [-0.15, -0.1) is 0 Å². The predicted molar refractivity (Wildman–Crippen MR) is 130 cm³/mol. The van der Waals surface area contributed by atoms with Gasteiger partial charge in [0.05, 0.1) is 14.2 Å². The molecule has 0 saturated heterocycles. The molecule has 0 saturated carbocycles. The Kier molecular flexibility index (Phi) is 9.05. The van der Waals surface area contributed by atoms with Gasteiger partial charge in [0.25, 0.3) is 0 Å². The number of esters is 2. The Morgan fingerprint density at radius 1 is 0.735 bits per heavy atom. The van der Waals surface area contributed by atoms with Crippen molar-refractivity contribution in [1.82, 2.24) is 0 Å². The van der Waals surface area contributed by atoms with E-state index in [2.05, 4.69) is 0 Å². The van der Waals surface area contributed by atoms with Crippen molar-refractivity contribution in [2.45, 2.75) is 6.10 Å². The molecule has 0 N–H and O–H groups in total. The van der Waals surface area contributed by atoms with Crippen LogP contribution in [0.5, 0.6) is 11.5 Å². The van der Waals surface area contributed by atoms with Crippen molar-refractivity contribution < 1.29 is 28.5 Å². The van der Waals surface area contributed by atoms with Crippen molar-refractivity contribution in [2.24, 2.45) is 0 Å². The van der Waals surface area contributed by atoms with Crippen LogP contribution in [0.25, 0.3) is 12.2 Å².